The van der Waals surface area contributed by atoms with E-state index in [0.717, 1.165) is 12.0 Å². The highest BCUT2D eigenvalue weighted by molar-refractivity contribution is 6.30. The fourth-order valence-electron chi connectivity index (χ4n) is 4.01. The summed E-state index contributed by atoms with van der Waals surface area (Å²) in [7, 11) is 3.38. The van der Waals surface area contributed by atoms with Gasteiger partial charge in [-0.25, -0.2) is 0 Å². The van der Waals surface area contributed by atoms with Gasteiger partial charge in [0.05, 0.1) is 12.7 Å². The normalized spacial score (nSPS) is 32.7. The third-order valence-electron chi connectivity index (χ3n) is 5.39. The van der Waals surface area contributed by atoms with E-state index in [1.54, 1.807) is 14.2 Å². The van der Waals surface area contributed by atoms with Crippen LogP contribution in [0.1, 0.15) is 17.4 Å². The predicted octanol–water partition coefficient (Wildman–Crippen LogP) is 3.79. The second-order valence-corrected chi connectivity index (χ2v) is 7.56. The molecule has 0 bridgehead atoms. The van der Waals surface area contributed by atoms with Crippen molar-refractivity contribution in [3.8, 4) is 0 Å². The van der Waals surface area contributed by atoms with Crippen molar-refractivity contribution in [3.05, 3.63) is 70.7 Å². The number of methoxy groups -OCH3 is 2. The molecular formula is C22H25ClO5. The molecule has 0 spiro atoms. The molecular weight excluding hydrogens is 380 g/mol. The molecule has 2 fully saturated rings. The second kappa shape index (κ2) is 8.91. The van der Waals surface area contributed by atoms with E-state index >= 15 is 0 Å². The van der Waals surface area contributed by atoms with Crippen molar-refractivity contribution in [1.29, 1.82) is 0 Å². The Morgan fingerprint density at radius 3 is 2.32 bits per heavy atom. The van der Waals surface area contributed by atoms with Crippen molar-refractivity contribution in [1.82, 2.24) is 0 Å². The van der Waals surface area contributed by atoms with Gasteiger partial charge in [0.25, 0.3) is 0 Å². The van der Waals surface area contributed by atoms with Crippen LogP contribution in [-0.2, 0) is 30.1 Å². The summed E-state index contributed by atoms with van der Waals surface area (Å²) >= 11 is 5.99. The molecule has 0 radical (unpaired) electrons. The van der Waals surface area contributed by atoms with Crippen LogP contribution in [0.15, 0.2) is 54.6 Å². The number of fused-ring (bicyclic) bond motifs is 1. The predicted molar refractivity (Wildman–Crippen MR) is 105 cm³/mol. The van der Waals surface area contributed by atoms with Gasteiger partial charge in [-0.2, -0.15) is 0 Å². The molecule has 2 aliphatic heterocycles. The number of benzene rings is 2. The van der Waals surface area contributed by atoms with Crippen LogP contribution in [0.25, 0.3) is 0 Å². The lowest BCUT2D eigenvalue weighted by atomic mass is 9.90. The van der Waals surface area contributed by atoms with Gasteiger partial charge in [0.1, 0.15) is 24.4 Å². The molecule has 0 amide bonds. The van der Waals surface area contributed by atoms with E-state index in [0.29, 0.717) is 11.6 Å². The van der Waals surface area contributed by atoms with Gasteiger partial charge < -0.3 is 23.7 Å². The molecule has 2 aromatic carbocycles. The average Bonchev–Trinajstić information content (AvgIpc) is 2.73. The number of hydrogen-bond donors (Lipinski definition) is 0. The summed E-state index contributed by atoms with van der Waals surface area (Å²) < 4.78 is 30.2. The summed E-state index contributed by atoms with van der Waals surface area (Å²) in [6.07, 6.45) is -0.874. The smallest absolute Gasteiger partial charge is 0.184 e. The van der Waals surface area contributed by atoms with Crippen molar-refractivity contribution >= 4 is 11.6 Å². The first-order valence-electron chi connectivity index (χ1n) is 9.47. The zero-order valence-electron chi connectivity index (χ0n) is 16.0. The first-order valence-corrected chi connectivity index (χ1v) is 9.85. The topological polar surface area (TPSA) is 46.2 Å². The maximum atomic E-state index is 6.36. The van der Waals surface area contributed by atoms with Crippen LogP contribution in [0.4, 0.5) is 0 Å². The standard InChI is InChI=1S/C22H25ClO5/c1-24-19-17(12-14-6-4-3-5-7-14)27-18-13-26-22(28-20(18)21(19)25-2)15-8-10-16(23)11-9-15/h3-11,17-22H,12-13H2,1-2H3/t17-,18+,19-,20+,21+,22+/m0/s1. The first kappa shape index (κ1) is 19.8. The molecule has 28 heavy (non-hydrogen) atoms. The van der Waals surface area contributed by atoms with Gasteiger partial charge >= 0.3 is 0 Å². The minimum atomic E-state index is -0.483. The van der Waals surface area contributed by atoms with E-state index in [4.69, 9.17) is 35.3 Å². The molecule has 0 aliphatic carbocycles. The van der Waals surface area contributed by atoms with Crippen LogP contribution in [-0.4, -0.2) is 51.3 Å². The third-order valence-corrected chi connectivity index (χ3v) is 5.64. The van der Waals surface area contributed by atoms with E-state index < -0.39 is 6.29 Å². The number of halogens is 1. The van der Waals surface area contributed by atoms with Gasteiger partial charge in [0, 0.05) is 31.2 Å². The molecule has 0 saturated carbocycles. The maximum Gasteiger partial charge on any atom is 0.184 e. The number of rotatable bonds is 5. The molecule has 6 heteroatoms. The summed E-state index contributed by atoms with van der Waals surface area (Å²) in [6.45, 7) is 0.430. The Morgan fingerprint density at radius 1 is 0.929 bits per heavy atom. The fourth-order valence-corrected chi connectivity index (χ4v) is 4.14. The fraction of sp³-hybridized carbons (Fsp3) is 0.455. The SMILES string of the molecule is CO[C@@H]1[C@@H](OC)[C@H](Cc2ccccc2)O[C@@H]2CO[C@@H](c3ccc(Cl)cc3)O[C@@H]12. The molecule has 2 aliphatic rings. The Kier molecular flexibility index (Phi) is 6.31. The quantitative estimate of drug-likeness (QED) is 0.758. The minimum Gasteiger partial charge on any atom is -0.376 e. The molecule has 0 unspecified atom stereocenters. The third kappa shape index (κ3) is 4.10. The Bertz CT molecular complexity index is 753. The molecule has 4 rings (SSSR count). The van der Waals surface area contributed by atoms with Gasteiger partial charge in [0.15, 0.2) is 6.29 Å². The average molecular weight is 405 g/mol. The largest absolute Gasteiger partial charge is 0.376 e. The van der Waals surface area contributed by atoms with Crippen LogP contribution >= 0.6 is 11.6 Å². The molecule has 2 heterocycles. The highest BCUT2D eigenvalue weighted by Gasteiger charge is 2.50. The molecule has 2 aromatic rings. The van der Waals surface area contributed by atoms with Crippen LogP contribution in [0, 0.1) is 0 Å². The lowest BCUT2D eigenvalue weighted by molar-refractivity contribution is -0.333. The van der Waals surface area contributed by atoms with E-state index in [1.807, 2.05) is 42.5 Å². The van der Waals surface area contributed by atoms with Gasteiger partial charge in [-0.15, -0.1) is 0 Å². The van der Waals surface area contributed by atoms with Crippen molar-refractivity contribution in [2.45, 2.75) is 43.2 Å². The van der Waals surface area contributed by atoms with E-state index in [9.17, 15) is 0 Å². The van der Waals surface area contributed by atoms with Gasteiger partial charge in [-0.3, -0.25) is 0 Å². The van der Waals surface area contributed by atoms with Crippen molar-refractivity contribution in [2.75, 3.05) is 20.8 Å². The zero-order chi connectivity index (χ0) is 19.5. The molecule has 0 N–H and O–H groups in total. The first-order chi connectivity index (χ1) is 13.7. The Labute approximate surface area is 170 Å². The van der Waals surface area contributed by atoms with Crippen LogP contribution in [0.5, 0.6) is 0 Å². The van der Waals surface area contributed by atoms with Crippen LogP contribution in [0.3, 0.4) is 0 Å². The number of ether oxygens (including phenoxy) is 5. The van der Waals surface area contributed by atoms with Gasteiger partial charge in [-0.1, -0.05) is 54.1 Å². The summed E-state index contributed by atoms with van der Waals surface area (Å²) in [5.74, 6) is 0. The molecule has 0 aromatic heterocycles. The van der Waals surface area contributed by atoms with E-state index in [-0.39, 0.29) is 30.5 Å². The van der Waals surface area contributed by atoms with Crippen LogP contribution in [0.2, 0.25) is 5.02 Å². The summed E-state index contributed by atoms with van der Waals surface area (Å²) in [4.78, 5) is 0. The number of hydrogen-bond acceptors (Lipinski definition) is 5. The van der Waals surface area contributed by atoms with Gasteiger partial charge in [-0.05, 0) is 17.7 Å². The second-order valence-electron chi connectivity index (χ2n) is 7.12. The van der Waals surface area contributed by atoms with E-state index in [2.05, 4.69) is 12.1 Å². The summed E-state index contributed by atoms with van der Waals surface area (Å²) in [5.41, 5.74) is 2.11. The van der Waals surface area contributed by atoms with Crippen LogP contribution < -0.4 is 0 Å². The molecule has 5 nitrogen and oxygen atoms in total. The monoisotopic (exact) mass is 404 g/mol. The Morgan fingerprint density at radius 2 is 1.64 bits per heavy atom. The van der Waals surface area contributed by atoms with Crippen molar-refractivity contribution in [3.63, 3.8) is 0 Å². The summed E-state index contributed by atoms with van der Waals surface area (Å²) in [5, 5.41) is 0.677. The molecule has 2 saturated heterocycles. The van der Waals surface area contributed by atoms with E-state index in [1.165, 1.54) is 5.56 Å². The molecule has 6 atom stereocenters. The lowest BCUT2D eigenvalue weighted by Gasteiger charge is -2.48. The Hall–Kier alpha value is -1.47. The van der Waals surface area contributed by atoms with Crippen molar-refractivity contribution in [2.24, 2.45) is 0 Å². The Balaban J connectivity index is 1.52. The minimum absolute atomic E-state index is 0.141. The highest BCUT2D eigenvalue weighted by Crippen LogP contribution is 2.37. The zero-order valence-corrected chi connectivity index (χ0v) is 16.7. The highest BCUT2D eigenvalue weighted by atomic mass is 35.5. The van der Waals surface area contributed by atoms with Gasteiger partial charge in [0.2, 0.25) is 0 Å². The lowest BCUT2D eigenvalue weighted by Crippen LogP contribution is -2.63. The molecule has 150 valence electrons. The summed E-state index contributed by atoms with van der Waals surface area (Å²) in [6, 6.07) is 17.7. The maximum absolute atomic E-state index is 6.36. The van der Waals surface area contributed by atoms with Crippen molar-refractivity contribution < 1.29 is 23.7 Å².